The van der Waals surface area contributed by atoms with Gasteiger partial charge in [-0.3, -0.25) is 0 Å². The van der Waals surface area contributed by atoms with Gasteiger partial charge in [0.2, 0.25) is 0 Å². The maximum Gasteiger partial charge on any atom is 0.126 e. The fourth-order valence-electron chi connectivity index (χ4n) is 2.80. The van der Waals surface area contributed by atoms with Crippen LogP contribution in [0.25, 0.3) is 0 Å². The van der Waals surface area contributed by atoms with Crippen LogP contribution in [0.5, 0.6) is 0 Å². The molecule has 0 bridgehead atoms. The van der Waals surface area contributed by atoms with E-state index in [-0.39, 0.29) is 5.82 Å². The summed E-state index contributed by atoms with van der Waals surface area (Å²) in [5, 5.41) is 3.46. The Bertz CT molecular complexity index is 364. The number of halogens is 1. The smallest absolute Gasteiger partial charge is 0.126 e. The molecule has 0 fully saturated rings. The Labute approximate surface area is 130 Å². The Balaban J connectivity index is 2.43. The highest BCUT2D eigenvalue weighted by atomic mass is 19.1. The average molecular weight is 293 g/mol. The Morgan fingerprint density at radius 2 is 1.67 bits per heavy atom. The molecule has 0 aliphatic rings. The van der Waals surface area contributed by atoms with Crippen LogP contribution in [0.15, 0.2) is 24.3 Å². The molecule has 0 saturated heterocycles. The SMILES string of the molecule is CCCCCCCCC(CNCCC)c1ccccc1F. The summed E-state index contributed by atoms with van der Waals surface area (Å²) in [5.41, 5.74) is 0.884. The van der Waals surface area contributed by atoms with Crippen LogP contribution in [0.3, 0.4) is 0 Å². The molecule has 1 N–H and O–H groups in total. The van der Waals surface area contributed by atoms with Crippen LogP contribution < -0.4 is 5.32 Å². The first kappa shape index (κ1) is 18.2. The molecule has 0 radical (unpaired) electrons. The summed E-state index contributed by atoms with van der Waals surface area (Å²) in [4.78, 5) is 0. The highest BCUT2D eigenvalue weighted by Crippen LogP contribution is 2.24. The van der Waals surface area contributed by atoms with Crippen LogP contribution >= 0.6 is 0 Å². The van der Waals surface area contributed by atoms with Crippen molar-refractivity contribution in [2.45, 2.75) is 71.1 Å². The van der Waals surface area contributed by atoms with Gasteiger partial charge in [0.25, 0.3) is 0 Å². The minimum atomic E-state index is -0.0493. The standard InChI is InChI=1S/C19H32FN/c1-3-5-6-7-8-9-12-17(16-21-15-4-2)18-13-10-11-14-19(18)20/h10-11,13-14,17,21H,3-9,12,15-16H2,1-2H3. The summed E-state index contributed by atoms with van der Waals surface area (Å²) in [6, 6.07) is 7.26. The predicted molar refractivity (Wildman–Crippen MR) is 90.3 cm³/mol. The Kier molecular flexibility index (Phi) is 10.1. The van der Waals surface area contributed by atoms with Gasteiger partial charge in [-0.15, -0.1) is 0 Å². The third kappa shape index (κ3) is 7.61. The molecule has 0 heterocycles. The summed E-state index contributed by atoms with van der Waals surface area (Å²) < 4.78 is 14.0. The molecule has 120 valence electrons. The zero-order valence-electron chi connectivity index (χ0n) is 13.8. The zero-order valence-corrected chi connectivity index (χ0v) is 13.8. The lowest BCUT2D eigenvalue weighted by Crippen LogP contribution is -2.23. The van der Waals surface area contributed by atoms with Gasteiger partial charge in [-0.1, -0.05) is 70.6 Å². The fraction of sp³-hybridized carbons (Fsp3) is 0.684. The predicted octanol–water partition coefficient (Wildman–Crippen LogP) is 5.66. The van der Waals surface area contributed by atoms with E-state index in [2.05, 4.69) is 19.2 Å². The second-order valence-corrected chi connectivity index (χ2v) is 5.98. The molecule has 0 aromatic heterocycles. The van der Waals surface area contributed by atoms with Crippen molar-refractivity contribution in [2.75, 3.05) is 13.1 Å². The molecule has 1 unspecified atom stereocenters. The number of hydrogen-bond acceptors (Lipinski definition) is 1. The van der Waals surface area contributed by atoms with Crippen molar-refractivity contribution in [3.05, 3.63) is 35.6 Å². The molecule has 1 aromatic rings. The normalized spacial score (nSPS) is 12.5. The highest BCUT2D eigenvalue weighted by molar-refractivity contribution is 5.22. The van der Waals surface area contributed by atoms with E-state index in [1.807, 2.05) is 12.1 Å². The first-order valence-electron chi connectivity index (χ1n) is 8.74. The summed E-state index contributed by atoms with van der Waals surface area (Å²) in [6.45, 7) is 6.32. The average Bonchev–Trinajstić information content (AvgIpc) is 2.50. The second-order valence-electron chi connectivity index (χ2n) is 5.98. The minimum absolute atomic E-state index is 0.0493. The van der Waals surface area contributed by atoms with Crippen molar-refractivity contribution in [3.8, 4) is 0 Å². The van der Waals surface area contributed by atoms with Crippen LogP contribution in [0, 0.1) is 5.82 Å². The Morgan fingerprint density at radius 3 is 2.38 bits per heavy atom. The van der Waals surface area contributed by atoms with Crippen molar-refractivity contribution < 1.29 is 4.39 Å². The van der Waals surface area contributed by atoms with E-state index in [0.29, 0.717) is 5.92 Å². The van der Waals surface area contributed by atoms with Crippen LogP contribution in [0.4, 0.5) is 4.39 Å². The highest BCUT2D eigenvalue weighted by Gasteiger charge is 2.14. The maximum absolute atomic E-state index is 14.0. The first-order valence-corrected chi connectivity index (χ1v) is 8.74. The largest absolute Gasteiger partial charge is 0.316 e. The maximum atomic E-state index is 14.0. The monoisotopic (exact) mass is 293 g/mol. The number of benzene rings is 1. The van der Waals surface area contributed by atoms with Gasteiger partial charge in [0.1, 0.15) is 5.82 Å². The molecule has 1 aromatic carbocycles. The van der Waals surface area contributed by atoms with Gasteiger partial charge in [0.15, 0.2) is 0 Å². The van der Waals surface area contributed by atoms with Gasteiger partial charge >= 0.3 is 0 Å². The molecule has 2 heteroatoms. The van der Waals surface area contributed by atoms with Gasteiger partial charge in [0.05, 0.1) is 0 Å². The molecule has 0 aliphatic carbocycles. The van der Waals surface area contributed by atoms with Gasteiger partial charge in [-0.25, -0.2) is 4.39 Å². The van der Waals surface area contributed by atoms with E-state index in [9.17, 15) is 4.39 Å². The quantitative estimate of drug-likeness (QED) is 0.490. The Hall–Kier alpha value is -0.890. The number of rotatable bonds is 12. The molecular formula is C19H32FN. The number of nitrogens with one attached hydrogen (secondary N) is 1. The van der Waals surface area contributed by atoms with Gasteiger partial charge in [-0.2, -0.15) is 0 Å². The third-order valence-corrected chi connectivity index (χ3v) is 4.07. The van der Waals surface area contributed by atoms with E-state index in [1.165, 1.54) is 38.5 Å². The topological polar surface area (TPSA) is 12.0 Å². The zero-order chi connectivity index (χ0) is 15.3. The lowest BCUT2D eigenvalue weighted by atomic mass is 9.92. The molecule has 0 aliphatic heterocycles. The summed E-state index contributed by atoms with van der Waals surface area (Å²) >= 11 is 0. The van der Waals surface area contributed by atoms with Crippen LogP contribution in [0.1, 0.15) is 76.7 Å². The number of unbranched alkanes of at least 4 members (excludes halogenated alkanes) is 5. The molecule has 0 spiro atoms. The van der Waals surface area contributed by atoms with Crippen molar-refractivity contribution in [3.63, 3.8) is 0 Å². The molecule has 0 saturated carbocycles. The van der Waals surface area contributed by atoms with E-state index in [0.717, 1.165) is 31.5 Å². The lowest BCUT2D eigenvalue weighted by Gasteiger charge is -2.19. The van der Waals surface area contributed by atoms with Crippen molar-refractivity contribution in [1.82, 2.24) is 5.32 Å². The van der Waals surface area contributed by atoms with E-state index in [1.54, 1.807) is 12.1 Å². The minimum Gasteiger partial charge on any atom is -0.316 e. The number of hydrogen-bond donors (Lipinski definition) is 1. The van der Waals surface area contributed by atoms with Gasteiger partial charge in [-0.05, 0) is 36.9 Å². The van der Waals surface area contributed by atoms with E-state index < -0.39 is 0 Å². The molecular weight excluding hydrogens is 261 g/mol. The third-order valence-electron chi connectivity index (χ3n) is 4.07. The fourth-order valence-corrected chi connectivity index (χ4v) is 2.80. The molecule has 1 rings (SSSR count). The van der Waals surface area contributed by atoms with E-state index in [4.69, 9.17) is 0 Å². The van der Waals surface area contributed by atoms with Crippen LogP contribution in [-0.2, 0) is 0 Å². The van der Waals surface area contributed by atoms with E-state index >= 15 is 0 Å². The van der Waals surface area contributed by atoms with Gasteiger partial charge < -0.3 is 5.32 Å². The molecule has 1 atom stereocenters. The van der Waals surface area contributed by atoms with Crippen molar-refractivity contribution >= 4 is 0 Å². The summed E-state index contributed by atoms with van der Waals surface area (Å²) in [6.07, 6.45) is 9.99. The van der Waals surface area contributed by atoms with Crippen molar-refractivity contribution in [2.24, 2.45) is 0 Å². The second kappa shape index (κ2) is 11.7. The van der Waals surface area contributed by atoms with Crippen LogP contribution in [0.2, 0.25) is 0 Å². The van der Waals surface area contributed by atoms with Gasteiger partial charge in [0, 0.05) is 6.54 Å². The summed E-state index contributed by atoms with van der Waals surface area (Å²) in [5.74, 6) is 0.260. The van der Waals surface area contributed by atoms with Crippen molar-refractivity contribution in [1.29, 1.82) is 0 Å². The molecule has 0 amide bonds. The Morgan fingerprint density at radius 1 is 0.952 bits per heavy atom. The molecule has 21 heavy (non-hydrogen) atoms. The lowest BCUT2D eigenvalue weighted by molar-refractivity contribution is 0.487. The summed E-state index contributed by atoms with van der Waals surface area (Å²) in [7, 11) is 0. The first-order chi connectivity index (χ1) is 10.3. The molecule has 1 nitrogen and oxygen atoms in total. The van der Waals surface area contributed by atoms with Crippen LogP contribution in [-0.4, -0.2) is 13.1 Å².